The molecule has 88 valence electrons. The van der Waals surface area contributed by atoms with Gasteiger partial charge in [-0.3, -0.25) is 4.79 Å². The number of hydrogen-bond acceptors (Lipinski definition) is 3. The number of benzene rings is 1. The molecule has 0 saturated heterocycles. The predicted octanol–water partition coefficient (Wildman–Crippen LogP) is 2.85. The lowest BCUT2D eigenvalue weighted by Gasteiger charge is -2.07. The first-order valence-electron chi connectivity index (χ1n) is 5.37. The highest BCUT2D eigenvalue weighted by Gasteiger charge is 2.14. The van der Waals surface area contributed by atoms with Gasteiger partial charge in [-0.15, -0.1) is 0 Å². The largest absolute Gasteiger partial charge is 0.364 e. The van der Waals surface area contributed by atoms with Gasteiger partial charge in [0.25, 0.3) is 5.91 Å². The Morgan fingerprint density at radius 2 is 2.00 bits per heavy atom. The van der Waals surface area contributed by atoms with Gasteiger partial charge in [0.1, 0.15) is 6.26 Å². The van der Waals surface area contributed by atoms with Gasteiger partial charge in [-0.1, -0.05) is 22.9 Å². The first-order valence-corrected chi connectivity index (χ1v) is 5.37. The van der Waals surface area contributed by atoms with Crippen molar-refractivity contribution >= 4 is 11.6 Å². The van der Waals surface area contributed by atoms with Crippen LogP contribution in [0.4, 0.5) is 5.69 Å². The third kappa shape index (κ3) is 2.36. The van der Waals surface area contributed by atoms with Crippen LogP contribution in [0, 0.1) is 20.8 Å². The lowest BCUT2D eigenvalue weighted by Crippen LogP contribution is -2.14. The van der Waals surface area contributed by atoms with Crippen molar-refractivity contribution in [3.8, 4) is 0 Å². The van der Waals surface area contributed by atoms with Crippen molar-refractivity contribution in [1.29, 1.82) is 0 Å². The van der Waals surface area contributed by atoms with Crippen LogP contribution in [0.25, 0.3) is 0 Å². The number of hydrogen-bond donors (Lipinski definition) is 1. The number of rotatable bonds is 2. The highest BCUT2D eigenvalue weighted by atomic mass is 16.5. The third-order valence-electron chi connectivity index (χ3n) is 2.59. The lowest BCUT2D eigenvalue weighted by molar-refractivity contribution is 0.101. The van der Waals surface area contributed by atoms with Gasteiger partial charge in [0.2, 0.25) is 0 Å². The Morgan fingerprint density at radius 1 is 1.24 bits per heavy atom. The molecule has 0 aliphatic rings. The van der Waals surface area contributed by atoms with Gasteiger partial charge in [0.15, 0.2) is 5.69 Å². The van der Waals surface area contributed by atoms with E-state index in [0.29, 0.717) is 5.69 Å². The number of nitrogens with one attached hydrogen (secondary N) is 1. The SMILES string of the molecule is Cc1ccc(NC(=O)c2nocc2C)c(C)c1. The standard InChI is InChI=1S/C13H14N2O2/c1-8-4-5-11(9(2)6-8)14-13(16)12-10(3)7-17-15-12/h4-7H,1-3H3,(H,14,16). The third-order valence-corrected chi connectivity index (χ3v) is 2.59. The summed E-state index contributed by atoms with van der Waals surface area (Å²) >= 11 is 0. The fourth-order valence-corrected chi connectivity index (χ4v) is 1.64. The summed E-state index contributed by atoms with van der Waals surface area (Å²) in [6.07, 6.45) is 1.46. The Labute approximate surface area is 99.6 Å². The van der Waals surface area contributed by atoms with E-state index in [0.717, 1.165) is 22.4 Å². The first kappa shape index (κ1) is 11.4. The van der Waals surface area contributed by atoms with Gasteiger partial charge in [0, 0.05) is 11.3 Å². The Hall–Kier alpha value is -2.10. The van der Waals surface area contributed by atoms with E-state index in [1.54, 1.807) is 6.92 Å². The summed E-state index contributed by atoms with van der Waals surface area (Å²) in [5.74, 6) is -0.247. The molecule has 1 N–H and O–H groups in total. The fourth-order valence-electron chi connectivity index (χ4n) is 1.64. The fraction of sp³-hybridized carbons (Fsp3) is 0.231. The van der Waals surface area contributed by atoms with E-state index in [1.807, 2.05) is 32.0 Å². The zero-order valence-corrected chi connectivity index (χ0v) is 10.1. The van der Waals surface area contributed by atoms with Crippen molar-refractivity contribution in [2.75, 3.05) is 5.32 Å². The van der Waals surface area contributed by atoms with Crippen LogP contribution in [0.1, 0.15) is 27.2 Å². The lowest BCUT2D eigenvalue weighted by atomic mass is 10.1. The minimum atomic E-state index is -0.247. The second-order valence-corrected chi connectivity index (χ2v) is 4.12. The number of anilines is 1. The smallest absolute Gasteiger partial charge is 0.278 e. The number of aromatic nitrogens is 1. The van der Waals surface area contributed by atoms with E-state index < -0.39 is 0 Å². The van der Waals surface area contributed by atoms with Gasteiger partial charge in [-0.2, -0.15) is 0 Å². The molecule has 0 atom stereocenters. The summed E-state index contributed by atoms with van der Waals surface area (Å²) in [5.41, 5.74) is 4.04. The van der Waals surface area contributed by atoms with Gasteiger partial charge in [0.05, 0.1) is 0 Å². The van der Waals surface area contributed by atoms with E-state index >= 15 is 0 Å². The first-order chi connectivity index (χ1) is 8.08. The second kappa shape index (κ2) is 4.41. The predicted molar refractivity (Wildman–Crippen MR) is 65.1 cm³/mol. The minimum absolute atomic E-state index is 0.247. The maximum Gasteiger partial charge on any atom is 0.278 e. The van der Waals surface area contributed by atoms with Gasteiger partial charge < -0.3 is 9.84 Å². The molecular formula is C13H14N2O2. The molecule has 0 bridgehead atoms. The molecule has 1 heterocycles. The minimum Gasteiger partial charge on any atom is -0.364 e. The second-order valence-electron chi connectivity index (χ2n) is 4.12. The molecule has 0 spiro atoms. The number of carbonyl (C=O) groups is 1. The molecule has 0 radical (unpaired) electrons. The van der Waals surface area contributed by atoms with Crippen LogP contribution in [0.2, 0.25) is 0 Å². The van der Waals surface area contributed by atoms with E-state index in [4.69, 9.17) is 4.52 Å². The molecule has 4 nitrogen and oxygen atoms in total. The van der Waals surface area contributed by atoms with E-state index in [-0.39, 0.29) is 5.91 Å². The van der Waals surface area contributed by atoms with Crippen LogP contribution in [-0.2, 0) is 0 Å². The summed E-state index contributed by atoms with van der Waals surface area (Å²) in [5, 5.41) is 6.49. The van der Waals surface area contributed by atoms with Gasteiger partial charge in [-0.25, -0.2) is 0 Å². The Kier molecular flexibility index (Phi) is 2.95. The summed E-state index contributed by atoms with van der Waals surface area (Å²) < 4.78 is 4.74. The maximum atomic E-state index is 11.9. The van der Waals surface area contributed by atoms with Crippen molar-refractivity contribution in [2.24, 2.45) is 0 Å². The van der Waals surface area contributed by atoms with E-state index in [2.05, 4.69) is 10.5 Å². The van der Waals surface area contributed by atoms with Crippen molar-refractivity contribution in [1.82, 2.24) is 5.16 Å². The maximum absolute atomic E-state index is 11.9. The summed E-state index contributed by atoms with van der Waals surface area (Å²) in [4.78, 5) is 11.9. The zero-order valence-electron chi connectivity index (χ0n) is 10.1. The molecule has 4 heteroatoms. The van der Waals surface area contributed by atoms with E-state index in [1.165, 1.54) is 6.26 Å². The molecule has 2 aromatic rings. The highest BCUT2D eigenvalue weighted by Crippen LogP contribution is 2.17. The molecule has 1 amide bonds. The van der Waals surface area contributed by atoms with Crippen LogP contribution < -0.4 is 5.32 Å². The number of carbonyl (C=O) groups excluding carboxylic acids is 1. The van der Waals surface area contributed by atoms with Crippen LogP contribution in [0.5, 0.6) is 0 Å². The highest BCUT2D eigenvalue weighted by molar-refractivity contribution is 6.04. The van der Waals surface area contributed by atoms with Crippen LogP contribution in [0.15, 0.2) is 29.0 Å². The average Bonchev–Trinajstić information content (AvgIpc) is 2.68. The topological polar surface area (TPSA) is 55.1 Å². The van der Waals surface area contributed by atoms with Crippen molar-refractivity contribution < 1.29 is 9.32 Å². The zero-order chi connectivity index (χ0) is 12.4. The molecular weight excluding hydrogens is 216 g/mol. The molecule has 0 unspecified atom stereocenters. The van der Waals surface area contributed by atoms with Crippen molar-refractivity contribution in [2.45, 2.75) is 20.8 Å². The Morgan fingerprint density at radius 3 is 2.59 bits per heavy atom. The van der Waals surface area contributed by atoms with E-state index in [9.17, 15) is 4.79 Å². The molecule has 0 aliphatic carbocycles. The monoisotopic (exact) mass is 230 g/mol. The summed E-state index contributed by atoms with van der Waals surface area (Å²) in [7, 11) is 0. The van der Waals surface area contributed by atoms with Crippen LogP contribution in [0.3, 0.4) is 0 Å². The molecule has 0 fully saturated rings. The molecule has 1 aromatic carbocycles. The molecule has 17 heavy (non-hydrogen) atoms. The van der Waals surface area contributed by atoms with Crippen molar-refractivity contribution in [3.05, 3.63) is 46.8 Å². The number of aryl methyl sites for hydroxylation is 3. The number of amides is 1. The molecule has 0 saturated carbocycles. The summed E-state index contributed by atoms with van der Waals surface area (Å²) in [6.45, 7) is 5.76. The van der Waals surface area contributed by atoms with Crippen molar-refractivity contribution in [3.63, 3.8) is 0 Å². The normalized spacial score (nSPS) is 10.3. The average molecular weight is 230 g/mol. The van der Waals surface area contributed by atoms with Gasteiger partial charge in [-0.05, 0) is 32.4 Å². The molecule has 0 aliphatic heterocycles. The Bertz CT molecular complexity index is 558. The number of nitrogens with zero attached hydrogens (tertiary/aromatic N) is 1. The van der Waals surface area contributed by atoms with Crippen LogP contribution in [-0.4, -0.2) is 11.1 Å². The van der Waals surface area contributed by atoms with Crippen LogP contribution >= 0.6 is 0 Å². The summed E-state index contributed by atoms with van der Waals surface area (Å²) in [6, 6.07) is 5.86. The van der Waals surface area contributed by atoms with Gasteiger partial charge >= 0.3 is 0 Å². The molecule has 1 aromatic heterocycles. The molecule has 2 rings (SSSR count). The Balaban J connectivity index is 2.22. The quantitative estimate of drug-likeness (QED) is 0.863.